The summed E-state index contributed by atoms with van der Waals surface area (Å²) >= 11 is 0. The first-order chi connectivity index (χ1) is 1.00. The van der Waals surface area contributed by atoms with Crippen LogP contribution in [0.3, 0.4) is 0 Å². The molecule has 0 atom stereocenters. The van der Waals surface area contributed by atoms with Crippen molar-refractivity contribution in [2.75, 3.05) is 7.11 Å². The van der Waals surface area contributed by atoms with Gasteiger partial charge in [-0.05, 0) is 0 Å². The van der Waals surface area contributed by atoms with Crippen LogP contribution in [-0.4, -0.2) is 55.4 Å². The van der Waals surface area contributed by atoms with Gasteiger partial charge in [0.25, 0.3) is 0 Å². The summed E-state index contributed by atoms with van der Waals surface area (Å²) in [4.78, 5) is 0. The van der Waals surface area contributed by atoms with Crippen LogP contribution < -0.4 is 0 Å². The number of hydrogen-bond donors (Lipinski definition) is 1. The number of aliphatic hydroxyl groups excluding tert-OH is 1. The van der Waals surface area contributed by atoms with Crippen LogP contribution in [0.1, 0.15) is 0 Å². The van der Waals surface area contributed by atoms with Crippen molar-refractivity contribution >= 4 is 37.7 Å². The van der Waals surface area contributed by atoms with Crippen LogP contribution in [0.25, 0.3) is 0 Å². The molecule has 0 spiro atoms. The maximum absolute atomic E-state index is 7.00. The number of rotatable bonds is 0. The van der Waals surface area contributed by atoms with Gasteiger partial charge in [-0.2, -0.15) is 0 Å². The predicted octanol–water partition coefficient (Wildman–Crippen LogP) is -2.13. The van der Waals surface area contributed by atoms with Crippen LogP contribution in [0.2, 0.25) is 0 Å². The van der Waals surface area contributed by atoms with Crippen molar-refractivity contribution in [3.05, 3.63) is 0 Å². The maximum atomic E-state index is 7.00. The molecule has 0 fully saturated rings. The molecular formula is CH8CaO2. The Kier molecular flexibility index (Phi) is 145. The zero-order valence-electron chi connectivity index (χ0n) is 1.95. The molecule has 3 heteroatoms. The third-order valence-corrected chi connectivity index (χ3v) is 0. The second-order valence-corrected chi connectivity index (χ2v) is 0. The van der Waals surface area contributed by atoms with E-state index < -0.39 is 0 Å². The summed E-state index contributed by atoms with van der Waals surface area (Å²) in [6.45, 7) is 0. The van der Waals surface area contributed by atoms with Gasteiger partial charge in [0, 0.05) is 7.11 Å². The van der Waals surface area contributed by atoms with Gasteiger partial charge in [-0.25, -0.2) is 0 Å². The summed E-state index contributed by atoms with van der Waals surface area (Å²) in [5.74, 6) is 0. The second kappa shape index (κ2) is 30.4. The molecule has 2 nitrogen and oxygen atoms in total. The molecule has 0 amide bonds. The fraction of sp³-hybridized carbons (Fsp3) is 1.00. The minimum atomic E-state index is 0. The van der Waals surface area contributed by atoms with E-state index in [1.54, 1.807) is 0 Å². The van der Waals surface area contributed by atoms with Crippen molar-refractivity contribution in [1.82, 2.24) is 0 Å². The van der Waals surface area contributed by atoms with Crippen molar-refractivity contribution in [3.63, 3.8) is 0 Å². The van der Waals surface area contributed by atoms with Crippen LogP contribution >= 0.6 is 0 Å². The first-order valence-electron chi connectivity index (χ1n) is 0.447. The van der Waals surface area contributed by atoms with Gasteiger partial charge in [-0.1, -0.05) is 0 Å². The molecule has 0 radical (unpaired) electrons. The molecule has 0 aromatic carbocycles. The van der Waals surface area contributed by atoms with E-state index in [1.165, 1.54) is 0 Å². The Morgan fingerprint density at radius 2 is 1.25 bits per heavy atom. The Balaban J connectivity index is -0.00000000500. The molecule has 0 aliphatic carbocycles. The average molecular weight is 92.2 g/mol. The summed E-state index contributed by atoms with van der Waals surface area (Å²) in [5, 5.41) is 7.00. The first-order valence-corrected chi connectivity index (χ1v) is 0.447. The van der Waals surface area contributed by atoms with Gasteiger partial charge in [-0.3, -0.25) is 0 Å². The molecule has 0 saturated carbocycles. The van der Waals surface area contributed by atoms with Gasteiger partial charge in [0.05, 0.1) is 0 Å². The SMILES string of the molecule is CO.O.[CaH2]. The summed E-state index contributed by atoms with van der Waals surface area (Å²) < 4.78 is 0. The summed E-state index contributed by atoms with van der Waals surface area (Å²) in [7, 11) is 1.00. The predicted molar refractivity (Wildman–Crippen MR) is 20.3 cm³/mol. The number of aliphatic hydroxyl groups is 1. The molecule has 0 aliphatic heterocycles. The van der Waals surface area contributed by atoms with E-state index in [2.05, 4.69) is 0 Å². The standard InChI is InChI=1S/CH4O.Ca.H2O.2H/c1-2;;;;/h2H,1H3;;1H2;;. The van der Waals surface area contributed by atoms with E-state index in [-0.39, 0.29) is 43.2 Å². The van der Waals surface area contributed by atoms with Gasteiger partial charge in [-0.15, -0.1) is 0 Å². The Morgan fingerprint density at radius 3 is 1.25 bits per heavy atom. The Morgan fingerprint density at radius 1 is 1.25 bits per heavy atom. The van der Waals surface area contributed by atoms with Crippen LogP contribution in [0.15, 0.2) is 0 Å². The molecule has 3 N–H and O–H groups in total. The third kappa shape index (κ3) is 10.9. The van der Waals surface area contributed by atoms with Crippen molar-refractivity contribution in [2.24, 2.45) is 0 Å². The molecule has 4 heavy (non-hydrogen) atoms. The van der Waals surface area contributed by atoms with E-state index in [1.807, 2.05) is 0 Å². The Labute approximate surface area is 55.1 Å². The second-order valence-electron chi connectivity index (χ2n) is 0. The first kappa shape index (κ1) is 19.0. The van der Waals surface area contributed by atoms with Gasteiger partial charge in [0.15, 0.2) is 0 Å². The van der Waals surface area contributed by atoms with Crippen LogP contribution in [0, 0.1) is 0 Å². The zero-order chi connectivity index (χ0) is 2.00. The fourth-order valence-corrected chi connectivity index (χ4v) is 0. The molecule has 0 unspecified atom stereocenters. The van der Waals surface area contributed by atoms with Crippen molar-refractivity contribution in [2.45, 2.75) is 0 Å². The monoisotopic (exact) mass is 92.0 g/mol. The molecule has 0 aromatic heterocycles. The minimum absolute atomic E-state index is 0. The summed E-state index contributed by atoms with van der Waals surface area (Å²) in [6.07, 6.45) is 0. The molecule has 0 rings (SSSR count). The number of hydrogen-bond acceptors (Lipinski definition) is 1. The molecular weight excluding hydrogens is 84.1 g/mol. The quantitative estimate of drug-likeness (QED) is 0.341. The molecule has 0 heterocycles. The summed E-state index contributed by atoms with van der Waals surface area (Å²) in [5.41, 5.74) is 0. The van der Waals surface area contributed by atoms with Crippen LogP contribution in [0.4, 0.5) is 0 Å². The van der Waals surface area contributed by atoms with Crippen molar-refractivity contribution in [1.29, 1.82) is 0 Å². The zero-order valence-corrected chi connectivity index (χ0v) is 1.95. The van der Waals surface area contributed by atoms with E-state index in [4.69, 9.17) is 5.11 Å². The molecule has 0 aliphatic rings. The van der Waals surface area contributed by atoms with Gasteiger partial charge >= 0.3 is 37.7 Å². The average Bonchev–Trinajstić information content (AvgIpc) is 1.00. The van der Waals surface area contributed by atoms with Gasteiger partial charge < -0.3 is 10.6 Å². The molecule has 0 aromatic rings. The van der Waals surface area contributed by atoms with E-state index in [9.17, 15) is 0 Å². The molecule has 0 bridgehead atoms. The summed E-state index contributed by atoms with van der Waals surface area (Å²) in [6, 6.07) is 0. The van der Waals surface area contributed by atoms with Crippen molar-refractivity contribution < 1.29 is 10.6 Å². The molecule has 0 saturated heterocycles. The molecule has 26 valence electrons. The van der Waals surface area contributed by atoms with Crippen LogP contribution in [0.5, 0.6) is 0 Å². The van der Waals surface area contributed by atoms with Crippen LogP contribution in [-0.2, 0) is 0 Å². The van der Waals surface area contributed by atoms with E-state index >= 15 is 0 Å². The van der Waals surface area contributed by atoms with Gasteiger partial charge in [0.1, 0.15) is 0 Å². The topological polar surface area (TPSA) is 51.7 Å². The van der Waals surface area contributed by atoms with Crippen molar-refractivity contribution in [3.8, 4) is 0 Å². The normalized spacial score (nSPS) is 1.50. The third-order valence-electron chi connectivity index (χ3n) is 0. The van der Waals surface area contributed by atoms with E-state index in [0.717, 1.165) is 7.11 Å². The van der Waals surface area contributed by atoms with E-state index in [0.29, 0.717) is 0 Å². The Hall–Kier alpha value is 1.18. The van der Waals surface area contributed by atoms with Gasteiger partial charge in [0.2, 0.25) is 0 Å². The Bertz CT molecular complexity index is 6.00. The fourth-order valence-electron chi connectivity index (χ4n) is 0.